The average Bonchev–Trinajstić information content (AvgIpc) is 2.86. The zero-order valence-electron chi connectivity index (χ0n) is 14.9. The number of aliphatic carboxylic acids is 1. The first kappa shape index (κ1) is 18.9. The summed E-state index contributed by atoms with van der Waals surface area (Å²) in [6.07, 6.45) is 3.98. The fraction of sp³-hybridized carbons (Fsp3) is 0.474. The summed E-state index contributed by atoms with van der Waals surface area (Å²) in [6.45, 7) is -0.481. The summed E-state index contributed by atoms with van der Waals surface area (Å²) in [5.74, 6) is -2.24. The number of carboxylic acids is 1. The SMILES string of the molecule is O=C(CN1C(=O)NC2(CCCCC2)C1=O)N[C@@H](Cc1ccccc1)C(=O)O. The molecule has 1 aliphatic carbocycles. The van der Waals surface area contributed by atoms with Crippen molar-refractivity contribution in [3.8, 4) is 0 Å². The number of imide groups is 1. The van der Waals surface area contributed by atoms with Crippen LogP contribution in [-0.2, 0) is 20.8 Å². The Morgan fingerprint density at radius 1 is 1.15 bits per heavy atom. The zero-order valence-corrected chi connectivity index (χ0v) is 14.9. The molecule has 27 heavy (non-hydrogen) atoms. The summed E-state index contributed by atoms with van der Waals surface area (Å²) in [5, 5.41) is 14.5. The molecule has 2 aliphatic rings. The predicted octanol–water partition coefficient (Wildman–Crippen LogP) is 1.05. The van der Waals surface area contributed by atoms with Gasteiger partial charge in [0.15, 0.2) is 0 Å². The van der Waals surface area contributed by atoms with Gasteiger partial charge in [0.2, 0.25) is 5.91 Å². The first-order valence-electron chi connectivity index (χ1n) is 9.11. The lowest BCUT2D eigenvalue weighted by Gasteiger charge is -2.30. The normalized spacial score (nSPS) is 19.6. The maximum Gasteiger partial charge on any atom is 0.326 e. The highest BCUT2D eigenvalue weighted by molar-refractivity contribution is 6.09. The van der Waals surface area contributed by atoms with E-state index in [4.69, 9.17) is 0 Å². The van der Waals surface area contributed by atoms with Crippen molar-refractivity contribution in [3.63, 3.8) is 0 Å². The molecule has 4 amide bonds. The van der Waals surface area contributed by atoms with Gasteiger partial charge in [-0.1, -0.05) is 49.6 Å². The van der Waals surface area contributed by atoms with Crippen molar-refractivity contribution in [1.29, 1.82) is 0 Å². The number of rotatable bonds is 6. The highest BCUT2D eigenvalue weighted by atomic mass is 16.4. The number of carboxylic acid groups (broad SMARTS) is 1. The molecule has 0 unspecified atom stereocenters. The first-order valence-corrected chi connectivity index (χ1v) is 9.11. The standard InChI is InChI=1S/C19H23N3O5/c23-15(20-14(16(24)25)11-13-7-3-1-4-8-13)12-22-17(26)19(21-18(22)27)9-5-2-6-10-19/h1,3-4,7-8,14H,2,5-6,9-12H2,(H,20,23)(H,21,27)(H,24,25)/t14-/m0/s1. The van der Waals surface area contributed by atoms with Crippen molar-refractivity contribution in [2.24, 2.45) is 0 Å². The second kappa shape index (κ2) is 7.77. The summed E-state index contributed by atoms with van der Waals surface area (Å²) in [6, 6.07) is 7.20. The molecule has 8 heteroatoms. The number of carbonyl (C=O) groups is 4. The molecule has 2 fully saturated rings. The second-order valence-electron chi connectivity index (χ2n) is 7.11. The van der Waals surface area contributed by atoms with E-state index in [1.54, 1.807) is 24.3 Å². The van der Waals surface area contributed by atoms with E-state index < -0.39 is 41.9 Å². The van der Waals surface area contributed by atoms with Crippen LogP contribution in [0.15, 0.2) is 30.3 Å². The van der Waals surface area contributed by atoms with Gasteiger partial charge in [0, 0.05) is 6.42 Å². The zero-order chi connectivity index (χ0) is 19.4. The monoisotopic (exact) mass is 373 g/mol. The van der Waals surface area contributed by atoms with Gasteiger partial charge in [0.05, 0.1) is 0 Å². The Balaban J connectivity index is 1.62. The maximum absolute atomic E-state index is 12.7. The van der Waals surface area contributed by atoms with Crippen LogP contribution in [0.3, 0.4) is 0 Å². The van der Waals surface area contributed by atoms with Crippen LogP contribution in [0, 0.1) is 0 Å². The van der Waals surface area contributed by atoms with Gasteiger partial charge >= 0.3 is 12.0 Å². The minimum absolute atomic E-state index is 0.117. The molecule has 1 atom stereocenters. The lowest BCUT2D eigenvalue weighted by molar-refractivity contribution is -0.142. The Kier molecular flexibility index (Phi) is 5.43. The topological polar surface area (TPSA) is 116 Å². The van der Waals surface area contributed by atoms with Gasteiger partial charge in [0.1, 0.15) is 18.1 Å². The molecule has 144 valence electrons. The Labute approximate surface area is 156 Å². The van der Waals surface area contributed by atoms with Crippen LogP contribution in [0.1, 0.15) is 37.7 Å². The Hall–Kier alpha value is -2.90. The van der Waals surface area contributed by atoms with Gasteiger partial charge < -0.3 is 15.7 Å². The van der Waals surface area contributed by atoms with Crippen molar-refractivity contribution >= 4 is 23.8 Å². The fourth-order valence-corrected chi connectivity index (χ4v) is 3.75. The molecule has 3 rings (SSSR count). The number of nitrogens with zero attached hydrogens (tertiary/aromatic N) is 1. The Bertz CT molecular complexity index is 743. The summed E-state index contributed by atoms with van der Waals surface area (Å²) < 4.78 is 0. The van der Waals surface area contributed by atoms with E-state index in [-0.39, 0.29) is 6.42 Å². The van der Waals surface area contributed by atoms with Gasteiger partial charge in [-0.15, -0.1) is 0 Å². The summed E-state index contributed by atoms with van der Waals surface area (Å²) in [7, 11) is 0. The van der Waals surface area contributed by atoms with Gasteiger partial charge in [-0.2, -0.15) is 0 Å². The van der Waals surface area contributed by atoms with Gasteiger partial charge in [-0.25, -0.2) is 9.59 Å². The van der Waals surface area contributed by atoms with Crippen molar-refractivity contribution in [3.05, 3.63) is 35.9 Å². The molecule has 0 bridgehead atoms. The summed E-state index contributed by atoms with van der Waals surface area (Å²) in [4.78, 5) is 49.6. The molecule has 1 aromatic carbocycles. The quantitative estimate of drug-likeness (QED) is 0.645. The van der Waals surface area contributed by atoms with Crippen LogP contribution in [0.5, 0.6) is 0 Å². The Morgan fingerprint density at radius 3 is 2.44 bits per heavy atom. The van der Waals surface area contributed by atoms with Gasteiger partial charge in [0.25, 0.3) is 5.91 Å². The average molecular weight is 373 g/mol. The van der Waals surface area contributed by atoms with Crippen LogP contribution >= 0.6 is 0 Å². The number of hydrogen-bond acceptors (Lipinski definition) is 4. The number of benzene rings is 1. The molecule has 8 nitrogen and oxygen atoms in total. The van der Waals surface area contributed by atoms with E-state index in [0.717, 1.165) is 29.7 Å². The van der Waals surface area contributed by atoms with Crippen molar-refractivity contribution in [1.82, 2.24) is 15.5 Å². The van der Waals surface area contributed by atoms with Gasteiger partial charge in [-0.3, -0.25) is 14.5 Å². The number of urea groups is 1. The van der Waals surface area contributed by atoms with Crippen LogP contribution in [-0.4, -0.2) is 51.9 Å². The molecule has 0 aromatic heterocycles. The molecule has 1 saturated carbocycles. The molecule has 1 heterocycles. The van der Waals surface area contributed by atoms with E-state index in [1.807, 2.05) is 6.07 Å². The third kappa shape index (κ3) is 4.10. The summed E-state index contributed by atoms with van der Waals surface area (Å²) >= 11 is 0. The van der Waals surface area contributed by atoms with Crippen molar-refractivity contribution in [2.45, 2.75) is 50.1 Å². The Morgan fingerprint density at radius 2 is 1.81 bits per heavy atom. The smallest absolute Gasteiger partial charge is 0.326 e. The van der Waals surface area contributed by atoms with E-state index >= 15 is 0 Å². The van der Waals surface area contributed by atoms with Crippen molar-refractivity contribution < 1.29 is 24.3 Å². The number of nitrogens with one attached hydrogen (secondary N) is 2. The maximum atomic E-state index is 12.7. The number of hydrogen-bond donors (Lipinski definition) is 3. The third-order valence-corrected chi connectivity index (χ3v) is 5.17. The van der Waals surface area contributed by atoms with E-state index in [1.165, 1.54) is 0 Å². The van der Waals surface area contributed by atoms with E-state index in [2.05, 4.69) is 10.6 Å². The van der Waals surface area contributed by atoms with Crippen molar-refractivity contribution in [2.75, 3.05) is 6.54 Å². The van der Waals surface area contributed by atoms with E-state index in [9.17, 15) is 24.3 Å². The van der Waals surface area contributed by atoms with Crippen LogP contribution in [0.2, 0.25) is 0 Å². The molecule has 1 spiro atoms. The molecular weight excluding hydrogens is 350 g/mol. The fourth-order valence-electron chi connectivity index (χ4n) is 3.75. The lowest BCUT2D eigenvalue weighted by Crippen LogP contribution is -2.50. The van der Waals surface area contributed by atoms with Crippen LogP contribution < -0.4 is 10.6 Å². The first-order chi connectivity index (χ1) is 12.9. The minimum atomic E-state index is -1.17. The third-order valence-electron chi connectivity index (χ3n) is 5.17. The van der Waals surface area contributed by atoms with Crippen LogP contribution in [0.4, 0.5) is 4.79 Å². The molecular formula is C19H23N3O5. The van der Waals surface area contributed by atoms with Gasteiger partial charge in [-0.05, 0) is 18.4 Å². The highest BCUT2D eigenvalue weighted by Crippen LogP contribution is 2.33. The second-order valence-corrected chi connectivity index (χ2v) is 7.11. The highest BCUT2D eigenvalue weighted by Gasteiger charge is 2.51. The minimum Gasteiger partial charge on any atom is -0.480 e. The number of carbonyl (C=O) groups excluding carboxylic acids is 3. The lowest BCUT2D eigenvalue weighted by atomic mass is 9.82. The molecule has 3 N–H and O–H groups in total. The molecule has 1 saturated heterocycles. The number of amides is 4. The summed E-state index contributed by atoms with van der Waals surface area (Å²) in [5.41, 5.74) is -0.132. The van der Waals surface area contributed by atoms with Crippen LogP contribution in [0.25, 0.3) is 0 Å². The molecule has 1 aromatic rings. The largest absolute Gasteiger partial charge is 0.480 e. The predicted molar refractivity (Wildman–Crippen MR) is 95.8 cm³/mol. The van der Waals surface area contributed by atoms with E-state index in [0.29, 0.717) is 12.8 Å². The molecule has 0 radical (unpaired) electrons. The molecule has 1 aliphatic heterocycles.